The van der Waals surface area contributed by atoms with Crippen molar-refractivity contribution in [3.05, 3.63) is 64.0 Å². The second-order valence-corrected chi connectivity index (χ2v) is 5.28. The van der Waals surface area contributed by atoms with E-state index in [0.29, 0.717) is 32.3 Å². The van der Waals surface area contributed by atoms with Crippen molar-refractivity contribution < 1.29 is 9.18 Å². The summed E-state index contributed by atoms with van der Waals surface area (Å²) in [6, 6.07) is 10.8. The summed E-state index contributed by atoms with van der Waals surface area (Å²) in [7, 11) is 0. The Hall–Kier alpha value is -2.04. The molecule has 1 heterocycles. The van der Waals surface area contributed by atoms with E-state index in [0.717, 1.165) is 0 Å². The SMILES string of the molecule is O=C(Nc1c(Cl)cccc1Cl)c1cc2cc(F)ccc2[nH]1. The number of hydrogen-bond acceptors (Lipinski definition) is 1. The molecule has 0 radical (unpaired) electrons. The molecule has 0 saturated heterocycles. The molecule has 0 aliphatic rings. The number of nitrogens with one attached hydrogen (secondary N) is 2. The maximum absolute atomic E-state index is 13.2. The fraction of sp³-hybridized carbons (Fsp3) is 0. The average molecular weight is 323 g/mol. The molecule has 21 heavy (non-hydrogen) atoms. The van der Waals surface area contributed by atoms with Crippen molar-refractivity contribution >= 4 is 45.7 Å². The molecule has 1 amide bonds. The van der Waals surface area contributed by atoms with Gasteiger partial charge in [-0.2, -0.15) is 0 Å². The Morgan fingerprint density at radius 1 is 1.10 bits per heavy atom. The van der Waals surface area contributed by atoms with Gasteiger partial charge < -0.3 is 10.3 Å². The summed E-state index contributed by atoms with van der Waals surface area (Å²) < 4.78 is 13.2. The minimum Gasteiger partial charge on any atom is -0.351 e. The van der Waals surface area contributed by atoms with Crippen molar-refractivity contribution in [2.24, 2.45) is 0 Å². The second kappa shape index (κ2) is 5.39. The van der Waals surface area contributed by atoms with Crippen LogP contribution >= 0.6 is 23.2 Å². The molecule has 3 nitrogen and oxygen atoms in total. The molecule has 0 aliphatic heterocycles. The van der Waals surface area contributed by atoms with Crippen molar-refractivity contribution in [3.63, 3.8) is 0 Å². The van der Waals surface area contributed by atoms with Crippen molar-refractivity contribution in [3.8, 4) is 0 Å². The lowest BCUT2D eigenvalue weighted by Gasteiger charge is -2.07. The van der Waals surface area contributed by atoms with E-state index >= 15 is 0 Å². The molecule has 6 heteroatoms. The molecule has 2 aromatic carbocycles. The van der Waals surface area contributed by atoms with Gasteiger partial charge in [-0.15, -0.1) is 0 Å². The molecule has 0 unspecified atom stereocenters. The summed E-state index contributed by atoms with van der Waals surface area (Å²) in [6.07, 6.45) is 0. The molecular formula is C15H9Cl2FN2O. The second-order valence-electron chi connectivity index (χ2n) is 4.47. The summed E-state index contributed by atoms with van der Waals surface area (Å²) in [4.78, 5) is 15.1. The molecule has 2 N–H and O–H groups in total. The summed E-state index contributed by atoms with van der Waals surface area (Å²) in [5.74, 6) is -0.760. The molecule has 0 aliphatic carbocycles. The molecule has 3 rings (SSSR count). The van der Waals surface area contributed by atoms with E-state index in [4.69, 9.17) is 23.2 Å². The third-order valence-electron chi connectivity index (χ3n) is 3.03. The lowest BCUT2D eigenvalue weighted by atomic mass is 10.2. The van der Waals surface area contributed by atoms with Crippen LogP contribution in [0.15, 0.2) is 42.5 Å². The molecule has 0 bridgehead atoms. The number of halogens is 3. The van der Waals surface area contributed by atoms with Crippen LogP contribution in [-0.2, 0) is 0 Å². The predicted octanol–water partition coefficient (Wildman–Crippen LogP) is 4.87. The third kappa shape index (κ3) is 2.73. The van der Waals surface area contributed by atoms with Gasteiger partial charge in [0.05, 0.1) is 15.7 Å². The first-order valence-corrected chi connectivity index (χ1v) is 6.84. The van der Waals surface area contributed by atoms with E-state index in [-0.39, 0.29) is 5.82 Å². The standard InChI is InChI=1S/C15H9Cl2FN2O/c16-10-2-1-3-11(17)14(10)20-15(21)13-7-8-6-9(18)4-5-12(8)19-13/h1-7,19H,(H,20,21). The number of hydrogen-bond donors (Lipinski definition) is 2. The zero-order valence-electron chi connectivity index (χ0n) is 10.6. The van der Waals surface area contributed by atoms with E-state index in [1.807, 2.05) is 0 Å². The minimum absolute atomic E-state index is 0.298. The maximum Gasteiger partial charge on any atom is 0.272 e. The number of para-hydroxylation sites is 1. The van der Waals surface area contributed by atoms with Gasteiger partial charge >= 0.3 is 0 Å². The van der Waals surface area contributed by atoms with Crippen LogP contribution < -0.4 is 5.32 Å². The highest BCUT2D eigenvalue weighted by Gasteiger charge is 2.13. The number of amides is 1. The van der Waals surface area contributed by atoms with Crippen LogP contribution in [-0.4, -0.2) is 10.9 Å². The number of H-pyrrole nitrogens is 1. The highest BCUT2D eigenvalue weighted by Crippen LogP contribution is 2.30. The smallest absolute Gasteiger partial charge is 0.272 e. The largest absolute Gasteiger partial charge is 0.351 e. The van der Waals surface area contributed by atoms with E-state index in [1.165, 1.54) is 12.1 Å². The fourth-order valence-electron chi connectivity index (χ4n) is 2.02. The number of carbonyl (C=O) groups is 1. The normalized spacial score (nSPS) is 10.8. The highest BCUT2D eigenvalue weighted by molar-refractivity contribution is 6.40. The van der Waals surface area contributed by atoms with Crippen LogP contribution in [0.5, 0.6) is 0 Å². The lowest BCUT2D eigenvalue weighted by molar-refractivity contribution is 0.102. The fourth-order valence-corrected chi connectivity index (χ4v) is 2.52. The van der Waals surface area contributed by atoms with Crippen LogP contribution in [0.4, 0.5) is 10.1 Å². The van der Waals surface area contributed by atoms with E-state index < -0.39 is 5.91 Å². The predicted molar refractivity (Wildman–Crippen MR) is 82.7 cm³/mol. The molecular weight excluding hydrogens is 314 g/mol. The van der Waals surface area contributed by atoms with Gasteiger partial charge in [0.15, 0.2) is 0 Å². The number of aromatic amines is 1. The summed E-state index contributed by atoms with van der Waals surface area (Å²) >= 11 is 12.0. The Balaban J connectivity index is 1.94. The van der Waals surface area contributed by atoms with Gasteiger partial charge in [-0.25, -0.2) is 4.39 Å². The number of carbonyl (C=O) groups excluding carboxylic acids is 1. The number of fused-ring (bicyclic) bond motifs is 1. The van der Waals surface area contributed by atoms with Gasteiger partial charge in [-0.1, -0.05) is 29.3 Å². The topological polar surface area (TPSA) is 44.9 Å². The van der Waals surface area contributed by atoms with E-state index in [1.54, 1.807) is 30.3 Å². The first kappa shape index (κ1) is 13.9. The van der Waals surface area contributed by atoms with Crippen molar-refractivity contribution in [2.45, 2.75) is 0 Å². The van der Waals surface area contributed by atoms with Gasteiger partial charge in [0, 0.05) is 10.9 Å². The van der Waals surface area contributed by atoms with Crippen molar-refractivity contribution in [1.29, 1.82) is 0 Å². The molecule has 3 aromatic rings. The Labute approximate surface area is 129 Å². The van der Waals surface area contributed by atoms with Gasteiger partial charge in [0.2, 0.25) is 0 Å². The van der Waals surface area contributed by atoms with E-state index in [9.17, 15) is 9.18 Å². The third-order valence-corrected chi connectivity index (χ3v) is 3.66. The number of benzene rings is 2. The monoisotopic (exact) mass is 322 g/mol. The molecule has 0 saturated carbocycles. The van der Waals surface area contributed by atoms with Gasteiger partial charge in [0.1, 0.15) is 11.5 Å². The van der Waals surface area contributed by atoms with Gasteiger partial charge in [-0.05, 0) is 36.4 Å². The average Bonchev–Trinajstić information content (AvgIpc) is 2.86. The number of aromatic nitrogens is 1. The Bertz CT molecular complexity index is 825. The molecule has 106 valence electrons. The van der Waals surface area contributed by atoms with E-state index in [2.05, 4.69) is 10.3 Å². The Morgan fingerprint density at radius 2 is 1.81 bits per heavy atom. The zero-order chi connectivity index (χ0) is 15.0. The van der Waals surface area contributed by atoms with Gasteiger partial charge in [-0.3, -0.25) is 4.79 Å². The summed E-state index contributed by atoms with van der Waals surface area (Å²) in [5, 5.41) is 3.95. The van der Waals surface area contributed by atoms with Gasteiger partial charge in [0.25, 0.3) is 5.91 Å². The summed E-state index contributed by atoms with van der Waals surface area (Å²) in [5.41, 5.74) is 1.31. The number of rotatable bonds is 2. The maximum atomic E-state index is 13.2. The van der Waals surface area contributed by atoms with Crippen molar-refractivity contribution in [2.75, 3.05) is 5.32 Å². The highest BCUT2D eigenvalue weighted by atomic mass is 35.5. The molecule has 0 atom stereocenters. The van der Waals surface area contributed by atoms with Crippen LogP contribution in [0.2, 0.25) is 10.0 Å². The zero-order valence-corrected chi connectivity index (χ0v) is 12.1. The van der Waals surface area contributed by atoms with Crippen LogP contribution in [0.25, 0.3) is 10.9 Å². The molecule has 0 spiro atoms. The first-order chi connectivity index (χ1) is 10.0. The minimum atomic E-state index is -0.401. The summed E-state index contributed by atoms with van der Waals surface area (Å²) in [6.45, 7) is 0. The Kier molecular flexibility index (Phi) is 3.57. The van der Waals surface area contributed by atoms with Crippen molar-refractivity contribution in [1.82, 2.24) is 4.98 Å². The first-order valence-electron chi connectivity index (χ1n) is 6.08. The van der Waals surface area contributed by atoms with Crippen LogP contribution in [0.1, 0.15) is 10.5 Å². The van der Waals surface area contributed by atoms with Crippen LogP contribution in [0, 0.1) is 5.82 Å². The molecule has 1 aromatic heterocycles. The Morgan fingerprint density at radius 3 is 2.52 bits per heavy atom. The quantitative estimate of drug-likeness (QED) is 0.694. The lowest BCUT2D eigenvalue weighted by Crippen LogP contribution is -2.12. The number of anilines is 1. The molecule has 0 fully saturated rings. The van der Waals surface area contributed by atoms with Crippen LogP contribution in [0.3, 0.4) is 0 Å².